The van der Waals surface area contributed by atoms with Gasteiger partial charge in [0.2, 0.25) is 0 Å². The lowest BCUT2D eigenvalue weighted by Gasteiger charge is -2.15. The first-order valence-electron chi connectivity index (χ1n) is 8.78. The van der Waals surface area contributed by atoms with E-state index in [0.717, 1.165) is 54.6 Å². The van der Waals surface area contributed by atoms with Crippen molar-refractivity contribution in [3.05, 3.63) is 52.8 Å². The third-order valence-corrected chi connectivity index (χ3v) is 4.17. The maximum Gasteiger partial charge on any atom is 0.340 e. The second-order valence-corrected chi connectivity index (χ2v) is 6.19. The van der Waals surface area contributed by atoms with Gasteiger partial charge in [-0.2, -0.15) is 0 Å². The standard InChI is InChI=1S/C21H27NO2/c1-5-7-9-17-14-18(16-12-10-15(3)11-13-16)20(21(23)24-4)19(22-17)8-6-2/h10-14H,5-9H2,1-4H3. The number of aromatic nitrogens is 1. The molecule has 0 aliphatic carbocycles. The van der Waals surface area contributed by atoms with E-state index in [-0.39, 0.29) is 5.97 Å². The smallest absolute Gasteiger partial charge is 0.340 e. The summed E-state index contributed by atoms with van der Waals surface area (Å²) in [6.45, 7) is 6.34. The topological polar surface area (TPSA) is 39.2 Å². The minimum Gasteiger partial charge on any atom is -0.465 e. The molecule has 0 N–H and O–H groups in total. The molecule has 0 amide bonds. The summed E-state index contributed by atoms with van der Waals surface area (Å²) in [5.41, 5.74) is 5.71. The lowest BCUT2D eigenvalue weighted by molar-refractivity contribution is 0.0599. The Morgan fingerprint density at radius 3 is 2.38 bits per heavy atom. The van der Waals surface area contributed by atoms with E-state index < -0.39 is 0 Å². The van der Waals surface area contributed by atoms with E-state index in [0.29, 0.717) is 5.56 Å². The van der Waals surface area contributed by atoms with E-state index in [1.54, 1.807) is 0 Å². The second-order valence-electron chi connectivity index (χ2n) is 6.19. The molecule has 0 unspecified atom stereocenters. The van der Waals surface area contributed by atoms with E-state index in [1.165, 1.54) is 12.7 Å². The summed E-state index contributed by atoms with van der Waals surface area (Å²) in [5, 5.41) is 0. The van der Waals surface area contributed by atoms with Gasteiger partial charge in [0.25, 0.3) is 0 Å². The number of hydrogen-bond donors (Lipinski definition) is 0. The number of carbonyl (C=O) groups excluding carboxylic acids is 1. The zero-order valence-electron chi connectivity index (χ0n) is 15.2. The largest absolute Gasteiger partial charge is 0.465 e. The fourth-order valence-electron chi connectivity index (χ4n) is 2.85. The van der Waals surface area contributed by atoms with E-state index >= 15 is 0 Å². The fourth-order valence-corrected chi connectivity index (χ4v) is 2.85. The van der Waals surface area contributed by atoms with Crippen LogP contribution in [0.5, 0.6) is 0 Å². The highest BCUT2D eigenvalue weighted by molar-refractivity contribution is 5.98. The first-order valence-corrected chi connectivity index (χ1v) is 8.78. The van der Waals surface area contributed by atoms with Crippen LogP contribution in [0.1, 0.15) is 60.4 Å². The average Bonchev–Trinajstić information content (AvgIpc) is 2.60. The van der Waals surface area contributed by atoms with Crippen molar-refractivity contribution < 1.29 is 9.53 Å². The van der Waals surface area contributed by atoms with Crippen molar-refractivity contribution in [2.75, 3.05) is 7.11 Å². The highest BCUT2D eigenvalue weighted by Gasteiger charge is 2.20. The molecule has 0 aliphatic heterocycles. The van der Waals surface area contributed by atoms with Gasteiger partial charge in [-0.1, -0.05) is 56.5 Å². The Morgan fingerprint density at radius 1 is 1.08 bits per heavy atom. The molecule has 1 heterocycles. The first kappa shape index (κ1) is 18.2. The maximum atomic E-state index is 12.4. The summed E-state index contributed by atoms with van der Waals surface area (Å²) in [5.74, 6) is -0.302. The van der Waals surface area contributed by atoms with Gasteiger partial charge in [0.1, 0.15) is 0 Å². The number of aryl methyl sites for hydroxylation is 3. The molecule has 3 heteroatoms. The zero-order valence-corrected chi connectivity index (χ0v) is 15.2. The highest BCUT2D eigenvalue weighted by atomic mass is 16.5. The number of rotatable bonds is 7. The minimum atomic E-state index is -0.302. The molecule has 0 atom stereocenters. The number of unbranched alkanes of at least 4 members (excludes halogenated alkanes) is 1. The molecular formula is C21H27NO2. The molecule has 0 radical (unpaired) electrons. The molecule has 0 saturated carbocycles. The number of hydrogen-bond acceptors (Lipinski definition) is 3. The van der Waals surface area contributed by atoms with Crippen LogP contribution in [0.4, 0.5) is 0 Å². The molecule has 2 aromatic rings. The molecule has 24 heavy (non-hydrogen) atoms. The Hall–Kier alpha value is -2.16. The van der Waals surface area contributed by atoms with Gasteiger partial charge in [0, 0.05) is 5.69 Å². The van der Waals surface area contributed by atoms with Crippen LogP contribution >= 0.6 is 0 Å². The number of pyridine rings is 1. The molecule has 128 valence electrons. The minimum absolute atomic E-state index is 0.302. The molecular weight excluding hydrogens is 298 g/mol. The van der Waals surface area contributed by atoms with Crippen molar-refractivity contribution in [3.63, 3.8) is 0 Å². The average molecular weight is 325 g/mol. The quantitative estimate of drug-likeness (QED) is 0.662. The van der Waals surface area contributed by atoms with Gasteiger partial charge in [0.15, 0.2) is 0 Å². The Balaban J connectivity index is 2.63. The molecule has 2 rings (SSSR count). The van der Waals surface area contributed by atoms with E-state index in [9.17, 15) is 4.79 Å². The zero-order chi connectivity index (χ0) is 17.5. The van der Waals surface area contributed by atoms with Crippen LogP contribution in [0.25, 0.3) is 11.1 Å². The Bertz CT molecular complexity index is 690. The van der Waals surface area contributed by atoms with Crippen molar-refractivity contribution >= 4 is 5.97 Å². The van der Waals surface area contributed by atoms with Crippen LogP contribution in [0.3, 0.4) is 0 Å². The predicted molar refractivity (Wildman–Crippen MR) is 98.4 cm³/mol. The monoisotopic (exact) mass is 325 g/mol. The van der Waals surface area contributed by atoms with Crippen molar-refractivity contribution in [2.24, 2.45) is 0 Å². The fraction of sp³-hybridized carbons (Fsp3) is 0.429. The summed E-state index contributed by atoms with van der Waals surface area (Å²) in [6, 6.07) is 10.3. The number of esters is 1. The van der Waals surface area contributed by atoms with Gasteiger partial charge >= 0.3 is 5.97 Å². The molecule has 1 aromatic heterocycles. The SMILES string of the molecule is CCCCc1cc(-c2ccc(C)cc2)c(C(=O)OC)c(CCC)n1. The van der Waals surface area contributed by atoms with E-state index in [1.807, 2.05) is 0 Å². The number of carbonyl (C=O) groups is 1. The Labute approximate surface area is 145 Å². The van der Waals surface area contributed by atoms with Crippen molar-refractivity contribution in [1.82, 2.24) is 4.98 Å². The number of benzene rings is 1. The number of methoxy groups -OCH3 is 1. The highest BCUT2D eigenvalue weighted by Crippen LogP contribution is 2.29. The van der Waals surface area contributed by atoms with Crippen molar-refractivity contribution in [1.29, 1.82) is 0 Å². The molecule has 3 nitrogen and oxygen atoms in total. The van der Waals surface area contributed by atoms with Crippen LogP contribution in [0, 0.1) is 6.92 Å². The Kier molecular flexibility index (Phi) is 6.53. The van der Waals surface area contributed by atoms with E-state index in [2.05, 4.69) is 51.1 Å². The van der Waals surface area contributed by atoms with Crippen LogP contribution in [-0.2, 0) is 17.6 Å². The number of ether oxygens (including phenoxy) is 1. The van der Waals surface area contributed by atoms with Gasteiger partial charge in [-0.3, -0.25) is 4.98 Å². The van der Waals surface area contributed by atoms with Gasteiger partial charge in [-0.15, -0.1) is 0 Å². The molecule has 0 fully saturated rings. The summed E-state index contributed by atoms with van der Waals surface area (Å²) in [4.78, 5) is 17.2. The summed E-state index contributed by atoms with van der Waals surface area (Å²) >= 11 is 0. The van der Waals surface area contributed by atoms with Crippen LogP contribution in [0.15, 0.2) is 30.3 Å². The third-order valence-electron chi connectivity index (χ3n) is 4.17. The van der Waals surface area contributed by atoms with Crippen LogP contribution in [0.2, 0.25) is 0 Å². The summed E-state index contributed by atoms with van der Waals surface area (Å²) in [6.07, 6.45) is 4.89. The van der Waals surface area contributed by atoms with Crippen LogP contribution < -0.4 is 0 Å². The molecule has 0 spiro atoms. The lowest BCUT2D eigenvalue weighted by atomic mass is 9.94. The van der Waals surface area contributed by atoms with Crippen molar-refractivity contribution in [2.45, 2.75) is 52.9 Å². The maximum absolute atomic E-state index is 12.4. The molecule has 0 bridgehead atoms. The molecule has 1 aromatic carbocycles. The normalized spacial score (nSPS) is 10.7. The number of nitrogens with zero attached hydrogens (tertiary/aromatic N) is 1. The van der Waals surface area contributed by atoms with Gasteiger partial charge < -0.3 is 4.74 Å². The van der Waals surface area contributed by atoms with Crippen LogP contribution in [-0.4, -0.2) is 18.1 Å². The van der Waals surface area contributed by atoms with Crippen molar-refractivity contribution in [3.8, 4) is 11.1 Å². The summed E-state index contributed by atoms with van der Waals surface area (Å²) in [7, 11) is 1.43. The summed E-state index contributed by atoms with van der Waals surface area (Å²) < 4.78 is 5.05. The lowest BCUT2D eigenvalue weighted by Crippen LogP contribution is -2.12. The third kappa shape index (κ3) is 4.22. The van der Waals surface area contributed by atoms with Gasteiger partial charge in [-0.25, -0.2) is 4.79 Å². The molecule has 0 saturated heterocycles. The van der Waals surface area contributed by atoms with E-state index in [4.69, 9.17) is 9.72 Å². The first-order chi connectivity index (χ1) is 11.6. The van der Waals surface area contributed by atoms with Gasteiger partial charge in [0.05, 0.1) is 18.4 Å². The molecule has 0 aliphatic rings. The predicted octanol–water partition coefficient (Wildman–Crippen LogP) is 5.14. The Morgan fingerprint density at radius 2 is 1.79 bits per heavy atom. The van der Waals surface area contributed by atoms with Gasteiger partial charge in [-0.05, 0) is 43.4 Å². The second kappa shape index (κ2) is 8.62.